The number of nitrogen functional groups attached to an aromatic ring is 2. The largest absolute Gasteiger partial charge is 0.397 e. The van der Waals surface area contributed by atoms with Crippen LogP contribution in [0.15, 0.2) is 41.3 Å². The smallest absolute Gasteiger partial charge is 0.278 e. The summed E-state index contributed by atoms with van der Waals surface area (Å²) in [5, 5.41) is 0. The minimum atomic E-state index is -0.250. The van der Waals surface area contributed by atoms with Crippen molar-refractivity contribution < 1.29 is 0 Å². The van der Waals surface area contributed by atoms with Crippen LogP contribution in [0, 0.1) is 6.92 Å². The van der Waals surface area contributed by atoms with Crippen LogP contribution < -0.4 is 17.0 Å². The van der Waals surface area contributed by atoms with Gasteiger partial charge in [0.2, 0.25) is 0 Å². The molecule has 0 amide bonds. The molecular formula is C12H13N3O. The first-order valence-corrected chi connectivity index (χ1v) is 4.92. The number of aromatic nitrogens is 1. The van der Waals surface area contributed by atoms with Gasteiger partial charge < -0.3 is 11.5 Å². The van der Waals surface area contributed by atoms with Gasteiger partial charge in [0.1, 0.15) is 5.69 Å². The minimum absolute atomic E-state index is 0.154. The second kappa shape index (κ2) is 3.73. The molecule has 0 aliphatic heterocycles. The van der Waals surface area contributed by atoms with E-state index in [4.69, 9.17) is 11.5 Å². The van der Waals surface area contributed by atoms with Crippen molar-refractivity contribution in [1.29, 1.82) is 0 Å². The number of aryl methyl sites for hydroxylation is 1. The molecule has 0 aliphatic carbocycles. The maximum Gasteiger partial charge on any atom is 0.278 e. The maximum absolute atomic E-state index is 11.8. The minimum Gasteiger partial charge on any atom is -0.397 e. The third-order valence-electron chi connectivity index (χ3n) is 2.35. The van der Waals surface area contributed by atoms with Crippen LogP contribution in [0.5, 0.6) is 0 Å². The summed E-state index contributed by atoms with van der Waals surface area (Å²) in [7, 11) is 0. The van der Waals surface area contributed by atoms with Crippen LogP contribution in [-0.4, -0.2) is 4.57 Å². The van der Waals surface area contributed by atoms with Crippen LogP contribution in [0.2, 0.25) is 0 Å². The normalized spacial score (nSPS) is 10.3. The first kappa shape index (κ1) is 10.3. The highest BCUT2D eigenvalue weighted by Gasteiger charge is 2.04. The molecule has 82 valence electrons. The van der Waals surface area contributed by atoms with Crippen LogP contribution >= 0.6 is 0 Å². The van der Waals surface area contributed by atoms with Crippen molar-refractivity contribution in [2.45, 2.75) is 6.92 Å². The molecule has 0 atom stereocenters. The summed E-state index contributed by atoms with van der Waals surface area (Å²) >= 11 is 0. The van der Waals surface area contributed by atoms with Crippen molar-refractivity contribution in [1.82, 2.24) is 4.57 Å². The second-order valence-corrected chi connectivity index (χ2v) is 3.74. The van der Waals surface area contributed by atoms with Crippen LogP contribution in [0.1, 0.15) is 5.56 Å². The molecule has 16 heavy (non-hydrogen) atoms. The Hall–Kier alpha value is -2.23. The Morgan fingerprint density at radius 2 is 1.94 bits per heavy atom. The molecule has 1 heterocycles. The van der Waals surface area contributed by atoms with Crippen molar-refractivity contribution in [3.05, 3.63) is 52.4 Å². The highest BCUT2D eigenvalue weighted by molar-refractivity contribution is 5.51. The van der Waals surface area contributed by atoms with E-state index in [1.54, 1.807) is 6.20 Å². The number of anilines is 2. The Morgan fingerprint density at radius 3 is 2.62 bits per heavy atom. The number of nitrogens with two attached hydrogens (primary N) is 2. The molecule has 4 heteroatoms. The van der Waals surface area contributed by atoms with Gasteiger partial charge in [-0.1, -0.05) is 12.1 Å². The SMILES string of the molecule is Cc1cccc(-n2cc(N)cc(N)c2=O)c1. The molecule has 1 aromatic heterocycles. The molecule has 1 aromatic carbocycles. The molecule has 0 saturated carbocycles. The van der Waals surface area contributed by atoms with E-state index in [1.165, 1.54) is 10.6 Å². The second-order valence-electron chi connectivity index (χ2n) is 3.74. The number of hydrogen-bond donors (Lipinski definition) is 2. The van der Waals surface area contributed by atoms with Crippen molar-refractivity contribution in [3.63, 3.8) is 0 Å². The monoisotopic (exact) mass is 215 g/mol. The Morgan fingerprint density at radius 1 is 1.19 bits per heavy atom. The van der Waals surface area contributed by atoms with E-state index in [9.17, 15) is 4.79 Å². The van der Waals surface area contributed by atoms with Gasteiger partial charge in [-0.25, -0.2) is 0 Å². The van der Waals surface area contributed by atoms with Gasteiger partial charge in [0.05, 0.1) is 5.69 Å². The quantitative estimate of drug-likeness (QED) is 0.753. The van der Waals surface area contributed by atoms with E-state index in [-0.39, 0.29) is 11.2 Å². The zero-order chi connectivity index (χ0) is 11.7. The van der Waals surface area contributed by atoms with Gasteiger partial charge in [0, 0.05) is 11.9 Å². The molecule has 0 radical (unpaired) electrons. The van der Waals surface area contributed by atoms with Crippen molar-refractivity contribution in [2.75, 3.05) is 11.5 Å². The lowest BCUT2D eigenvalue weighted by molar-refractivity contribution is 0.995. The van der Waals surface area contributed by atoms with Crippen LogP contribution in [0.4, 0.5) is 11.4 Å². The van der Waals surface area contributed by atoms with Crippen LogP contribution in [-0.2, 0) is 0 Å². The van der Waals surface area contributed by atoms with E-state index < -0.39 is 0 Å². The Bertz CT molecular complexity index is 587. The fraction of sp³-hybridized carbons (Fsp3) is 0.0833. The molecule has 0 bridgehead atoms. The Labute approximate surface area is 93.1 Å². The highest BCUT2D eigenvalue weighted by atomic mass is 16.1. The predicted octanol–water partition coefficient (Wildman–Crippen LogP) is 1.31. The molecule has 0 unspecified atom stereocenters. The van der Waals surface area contributed by atoms with Gasteiger partial charge >= 0.3 is 0 Å². The molecule has 4 N–H and O–H groups in total. The molecule has 0 aliphatic rings. The highest BCUT2D eigenvalue weighted by Crippen LogP contribution is 2.11. The van der Waals surface area contributed by atoms with E-state index in [0.29, 0.717) is 5.69 Å². The standard InChI is InChI=1S/C12H13N3O/c1-8-3-2-4-10(5-8)15-7-9(13)6-11(14)12(15)16/h2-7H,13-14H2,1H3. The summed E-state index contributed by atoms with van der Waals surface area (Å²) in [5.41, 5.74) is 13.5. The third-order valence-corrected chi connectivity index (χ3v) is 2.35. The van der Waals surface area contributed by atoms with Gasteiger partial charge in [-0.05, 0) is 30.7 Å². The fourth-order valence-electron chi connectivity index (χ4n) is 1.59. The molecule has 2 rings (SSSR count). The first-order valence-electron chi connectivity index (χ1n) is 4.92. The summed E-state index contributed by atoms with van der Waals surface area (Å²) in [5.74, 6) is 0. The summed E-state index contributed by atoms with van der Waals surface area (Å²) in [6, 6.07) is 9.06. The zero-order valence-corrected chi connectivity index (χ0v) is 8.97. The maximum atomic E-state index is 11.8. The van der Waals surface area contributed by atoms with Crippen LogP contribution in [0.3, 0.4) is 0 Å². The Balaban J connectivity index is 2.69. The molecule has 2 aromatic rings. The molecule has 4 nitrogen and oxygen atoms in total. The van der Waals surface area contributed by atoms with Crippen molar-refractivity contribution in [3.8, 4) is 5.69 Å². The van der Waals surface area contributed by atoms with Crippen LogP contribution in [0.25, 0.3) is 5.69 Å². The summed E-state index contributed by atoms with van der Waals surface area (Å²) < 4.78 is 1.46. The fourth-order valence-corrected chi connectivity index (χ4v) is 1.59. The molecule has 0 spiro atoms. The lowest BCUT2D eigenvalue weighted by Crippen LogP contribution is -2.21. The van der Waals surface area contributed by atoms with E-state index in [0.717, 1.165) is 11.3 Å². The topological polar surface area (TPSA) is 74.0 Å². The first-order chi connectivity index (χ1) is 7.58. The van der Waals surface area contributed by atoms with Gasteiger partial charge in [-0.3, -0.25) is 9.36 Å². The average molecular weight is 215 g/mol. The van der Waals surface area contributed by atoms with E-state index in [2.05, 4.69) is 0 Å². The van der Waals surface area contributed by atoms with Gasteiger partial charge in [-0.15, -0.1) is 0 Å². The predicted molar refractivity (Wildman–Crippen MR) is 65.6 cm³/mol. The lowest BCUT2D eigenvalue weighted by atomic mass is 10.2. The number of hydrogen-bond acceptors (Lipinski definition) is 3. The van der Waals surface area contributed by atoms with Crippen molar-refractivity contribution >= 4 is 11.4 Å². The molecular weight excluding hydrogens is 202 g/mol. The van der Waals surface area contributed by atoms with Gasteiger partial charge in [-0.2, -0.15) is 0 Å². The molecule has 0 saturated heterocycles. The summed E-state index contributed by atoms with van der Waals surface area (Å²) in [4.78, 5) is 11.8. The number of nitrogens with zero attached hydrogens (tertiary/aromatic N) is 1. The lowest BCUT2D eigenvalue weighted by Gasteiger charge is -2.08. The Kier molecular flexibility index (Phi) is 2.40. The summed E-state index contributed by atoms with van der Waals surface area (Å²) in [6.07, 6.45) is 1.58. The van der Waals surface area contributed by atoms with Gasteiger partial charge in [0.25, 0.3) is 5.56 Å². The van der Waals surface area contributed by atoms with E-state index >= 15 is 0 Å². The third kappa shape index (κ3) is 1.77. The van der Waals surface area contributed by atoms with E-state index in [1.807, 2.05) is 31.2 Å². The van der Waals surface area contributed by atoms with Crippen molar-refractivity contribution in [2.24, 2.45) is 0 Å². The number of pyridine rings is 1. The zero-order valence-electron chi connectivity index (χ0n) is 8.97. The average Bonchev–Trinajstić information content (AvgIpc) is 2.23. The number of rotatable bonds is 1. The molecule has 0 fully saturated rings. The van der Waals surface area contributed by atoms with Gasteiger partial charge in [0.15, 0.2) is 0 Å². The number of benzene rings is 1. The summed E-state index contributed by atoms with van der Waals surface area (Å²) in [6.45, 7) is 1.96.